The Morgan fingerprint density at radius 2 is 1.93 bits per heavy atom. The number of hydrogen-bond donors (Lipinski definition) is 2. The van der Waals surface area contributed by atoms with E-state index in [-0.39, 0.29) is 18.0 Å². The molecule has 0 aliphatic rings. The highest BCUT2D eigenvalue weighted by atomic mass is 35.5. The summed E-state index contributed by atoms with van der Waals surface area (Å²) in [4.78, 5) is 6.87. The third-order valence-corrected chi connectivity index (χ3v) is 6.35. The van der Waals surface area contributed by atoms with Crippen LogP contribution >= 0.6 is 11.6 Å². The summed E-state index contributed by atoms with van der Waals surface area (Å²) in [6.07, 6.45) is 0. The third-order valence-electron chi connectivity index (χ3n) is 4.64. The van der Waals surface area contributed by atoms with Crippen LogP contribution in [0.3, 0.4) is 0 Å². The molecule has 0 fully saturated rings. The van der Waals surface area contributed by atoms with Crippen LogP contribution in [0.15, 0.2) is 47.4 Å². The molecule has 0 atom stereocenters. The van der Waals surface area contributed by atoms with Crippen molar-refractivity contribution < 1.29 is 13.5 Å². The fourth-order valence-corrected chi connectivity index (χ4v) is 4.30. The van der Waals surface area contributed by atoms with Crippen molar-refractivity contribution >= 4 is 32.7 Å². The Bertz CT molecular complexity index is 1080. The highest BCUT2D eigenvalue weighted by Gasteiger charge is 2.15. The van der Waals surface area contributed by atoms with Gasteiger partial charge in [0, 0.05) is 24.7 Å². The van der Waals surface area contributed by atoms with Gasteiger partial charge in [-0.25, -0.2) is 18.1 Å². The van der Waals surface area contributed by atoms with Crippen LogP contribution in [0.4, 0.5) is 0 Å². The number of nitrogens with zero attached hydrogens (tertiary/aromatic N) is 3. The topological polar surface area (TPSA) is 87.5 Å². The molecule has 1 aromatic heterocycles. The number of fused-ring (bicyclic) bond motifs is 1. The van der Waals surface area contributed by atoms with Crippen molar-refractivity contribution in [2.45, 2.75) is 24.9 Å². The molecule has 0 saturated carbocycles. The Hall–Kier alpha value is -1.97. The van der Waals surface area contributed by atoms with Gasteiger partial charge in [0.15, 0.2) is 0 Å². The highest BCUT2D eigenvalue weighted by molar-refractivity contribution is 7.89. The van der Waals surface area contributed by atoms with Crippen LogP contribution in [-0.4, -0.2) is 54.7 Å². The van der Waals surface area contributed by atoms with E-state index in [1.165, 1.54) is 0 Å². The quantitative estimate of drug-likeness (QED) is 0.537. The summed E-state index contributed by atoms with van der Waals surface area (Å²) in [7, 11) is -1.63. The van der Waals surface area contributed by atoms with Gasteiger partial charge in [0.25, 0.3) is 0 Å². The lowest BCUT2D eigenvalue weighted by Gasteiger charge is -2.17. The molecule has 0 amide bonds. The lowest BCUT2D eigenvalue weighted by Crippen LogP contribution is -2.33. The average molecular weight is 437 g/mol. The number of aromatic nitrogens is 2. The van der Waals surface area contributed by atoms with E-state index < -0.39 is 10.0 Å². The summed E-state index contributed by atoms with van der Waals surface area (Å²) in [5, 5.41) is 10.0. The van der Waals surface area contributed by atoms with Crippen LogP contribution in [0, 0.1) is 6.92 Å². The minimum absolute atomic E-state index is 0.00114. The molecule has 7 nitrogen and oxygen atoms in total. The standard InChI is InChI=1S/C20H25ClN4O3S/c1-15-3-6-17(7-4-15)29(27,28)22-9-10-24(2)14-20-23-18-13-16(21)5-8-19(18)25(20)11-12-26/h3-8,13,22,26H,9-12,14H2,1-2H3. The van der Waals surface area contributed by atoms with Crippen molar-refractivity contribution in [1.29, 1.82) is 0 Å². The summed E-state index contributed by atoms with van der Waals surface area (Å²) >= 11 is 6.06. The largest absolute Gasteiger partial charge is 0.395 e. The van der Waals surface area contributed by atoms with Gasteiger partial charge in [-0.15, -0.1) is 0 Å². The molecular weight excluding hydrogens is 412 g/mol. The predicted molar refractivity (Wildman–Crippen MR) is 115 cm³/mol. The number of aliphatic hydroxyl groups is 1. The fraction of sp³-hybridized carbons (Fsp3) is 0.350. The molecular formula is C20H25ClN4O3S. The molecule has 0 unspecified atom stereocenters. The summed E-state index contributed by atoms with van der Waals surface area (Å²) < 4.78 is 29.4. The molecule has 2 N–H and O–H groups in total. The maximum absolute atomic E-state index is 12.4. The van der Waals surface area contributed by atoms with E-state index in [2.05, 4.69) is 9.71 Å². The molecule has 3 aromatic rings. The molecule has 0 radical (unpaired) electrons. The third kappa shape index (κ3) is 5.34. The molecule has 2 aromatic carbocycles. The van der Waals surface area contributed by atoms with E-state index in [0.29, 0.717) is 24.7 Å². The smallest absolute Gasteiger partial charge is 0.240 e. The highest BCUT2D eigenvalue weighted by Crippen LogP contribution is 2.21. The number of rotatable bonds is 9. The van der Waals surface area contributed by atoms with Crippen molar-refractivity contribution in [3.05, 3.63) is 58.9 Å². The zero-order chi connectivity index (χ0) is 21.0. The van der Waals surface area contributed by atoms with Gasteiger partial charge in [-0.3, -0.25) is 4.90 Å². The van der Waals surface area contributed by atoms with Crippen LogP contribution in [0.2, 0.25) is 5.02 Å². The van der Waals surface area contributed by atoms with Crippen molar-refractivity contribution in [3.8, 4) is 0 Å². The first kappa shape index (κ1) is 21.7. The van der Waals surface area contributed by atoms with E-state index in [1.54, 1.807) is 36.4 Å². The van der Waals surface area contributed by atoms with E-state index in [9.17, 15) is 13.5 Å². The maximum Gasteiger partial charge on any atom is 0.240 e. The molecule has 1 heterocycles. The summed E-state index contributed by atoms with van der Waals surface area (Å²) in [5.41, 5.74) is 2.69. The Balaban J connectivity index is 1.64. The fourth-order valence-electron chi connectivity index (χ4n) is 3.12. The van der Waals surface area contributed by atoms with Gasteiger partial charge in [-0.05, 0) is 44.3 Å². The molecule has 0 saturated heterocycles. The van der Waals surface area contributed by atoms with Gasteiger partial charge in [0.05, 0.1) is 29.1 Å². The molecule has 0 bridgehead atoms. The van der Waals surface area contributed by atoms with E-state index in [1.807, 2.05) is 29.5 Å². The molecule has 3 rings (SSSR count). The first-order valence-corrected chi connectivity index (χ1v) is 11.2. The Labute approximate surface area is 176 Å². The molecule has 0 aliphatic heterocycles. The number of benzene rings is 2. The number of imidazole rings is 1. The first-order chi connectivity index (χ1) is 13.8. The minimum Gasteiger partial charge on any atom is -0.395 e. The van der Waals surface area contributed by atoms with Crippen LogP contribution in [0.5, 0.6) is 0 Å². The molecule has 0 spiro atoms. The second-order valence-corrected chi connectivity index (χ2v) is 9.19. The monoisotopic (exact) mass is 436 g/mol. The Morgan fingerprint density at radius 3 is 2.62 bits per heavy atom. The lowest BCUT2D eigenvalue weighted by atomic mass is 10.2. The van der Waals surface area contributed by atoms with Gasteiger partial charge >= 0.3 is 0 Å². The van der Waals surface area contributed by atoms with Crippen molar-refractivity contribution in [1.82, 2.24) is 19.2 Å². The number of hydrogen-bond acceptors (Lipinski definition) is 5. The summed E-state index contributed by atoms with van der Waals surface area (Å²) in [6.45, 7) is 3.64. The van der Waals surface area contributed by atoms with Gasteiger partial charge in [0.2, 0.25) is 10.0 Å². The maximum atomic E-state index is 12.4. The number of halogens is 1. The zero-order valence-electron chi connectivity index (χ0n) is 16.5. The average Bonchev–Trinajstić information content (AvgIpc) is 2.98. The normalized spacial score (nSPS) is 12.2. The zero-order valence-corrected chi connectivity index (χ0v) is 18.0. The number of sulfonamides is 1. The number of likely N-dealkylation sites (N-methyl/N-ethyl adjacent to an activating group) is 1. The van der Waals surface area contributed by atoms with Gasteiger partial charge in [-0.2, -0.15) is 0 Å². The van der Waals surface area contributed by atoms with Crippen LogP contribution in [-0.2, 0) is 23.1 Å². The minimum atomic E-state index is -3.53. The summed E-state index contributed by atoms with van der Waals surface area (Å²) in [5.74, 6) is 0.792. The van der Waals surface area contributed by atoms with Crippen molar-refractivity contribution in [2.75, 3.05) is 26.7 Å². The Morgan fingerprint density at radius 1 is 1.21 bits per heavy atom. The lowest BCUT2D eigenvalue weighted by molar-refractivity contribution is 0.268. The number of nitrogens with one attached hydrogen (secondary N) is 1. The molecule has 29 heavy (non-hydrogen) atoms. The van der Waals surface area contributed by atoms with Crippen LogP contribution < -0.4 is 4.72 Å². The van der Waals surface area contributed by atoms with Crippen molar-refractivity contribution in [2.24, 2.45) is 0 Å². The molecule has 0 aliphatic carbocycles. The number of aryl methyl sites for hydroxylation is 1. The first-order valence-electron chi connectivity index (χ1n) is 9.30. The van der Waals surface area contributed by atoms with E-state index in [0.717, 1.165) is 22.4 Å². The van der Waals surface area contributed by atoms with Gasteiger partial charge in [0.1, 0.15) is 5.82 Å². The molecule has 9 heteroatoms. The SMILES string of the molecule is Cc1ccc(S(=O)(=O)NCCN(C)Cc2nc3cc(Cl)ccc3n2CCO)cc1. The van der Waals surface area contributed by atoms with Crippen molar-refractivity contribution in [3.63, 3.8) is 0 Å². The van der Waals surface area contributed by atoms with E-state index >= 15 is 0 Å². The summed E-state index contributed by atoms with van der Waals surface area (Å²) in [6, 6.07) is 12.2. The predicted octanol–water partition coefficient (Wildman–Crippen LogP) is 2.40. The van der Waals surface area contributed by atoms with Gasteiger partial charge in [-0.1, -0.05) is 29.3 Å². The second kappa shape index (κ2) is 9.23. The molecule has 156 valence electrons. The second-order valence-electron chi connectivity index (χ2n) is 6.98. The number of aliphatic hydroxyl groups excluding tert-OH is 1. The van der Waals surface area contributed by atoms with Gasteiger partial charge < -0.3 is 9.67 Å². The van der Waals surface area contributed by atoms with Crippen LogP contribution in [0.25, 0.3) is 11.0 Å². The van der Waals surface area contributed by atoms with E-state index in [4.69, 9.17) is 11.6 Å². The Kier molecular flexibility index (Phi) is 6.92. The van der Waals surface area contributed by atoms with Crippen LogP contribution in [0.1, 0.15) is 11.4 Å².